The molecular formula is C13H23N3OS. The summed E-state index contributed by atoms with van der Waals surface area (Å²) in [4.78, 5) is 0. The second-order valence-corrected chi connectivity index (χ2v) is 6.38. The Labute approximate surface area is 113 Å². The minimum atomic E-state index is -0.0507. The normalized spacial score (nSPS) is 18.7. The zero-order valence-electron chi connectivity index (χ0n) is 11.3. The first-order valence-electron chi connectivity index (χ1n) is 6.81. The van der Waals surface area contributed by atoms with E-state index in [0.717, 1.165) is 6.54 Å². The number of nitrogens with one attached hydrogen (secondary N) is 1. The van der Waals surface area contributed by atoms with Crippen LogP contribution in [0.4, 0.5) is 0 Å². The fourth-order valence-corrected chi connectivity index (χ4v) is 3.60. The first-order valence-corrected chi connectivity index (χ1v) is 7.22. The molecule has 1 saturated carbocycles. The molecule has 1 aliphatic rings. The topological polar surface area (TPSA) is 53.8 Å². The lowest BCUT2D eigenvalue weighted by Crippen LogP contribution is -2.26. The maximum Gasteiger partial charge on any atom is 0.195 e. The number of hydrogen-bond acceptors (Lipinski definition) is 3. The van der Waals surface area contributed by atoms with E-state index in [4.69, 9.17) is 12.2 Å². The van der Waals surface area contributed by atoms with Crippen LogP contribution >= 0.6 is 12.2 Å². The van der Waals surface area contributed by atoms with Crippen LogP contribution in [-0.2, 0) is 13.2 Å². The van der Waals surface area contributed by atoms with Crippen molar-refractivity contribution in [3.05, 3.63) is 10.6 Å². The molecule has 0 saturated heterocycles. The predicted octanol–water partition coefficient (Wildman–Crippen LogP) is 3.04. The Hall–Kier alpha value is -0.680. The van der Waals surface area contributed by atoms with Crippen LogP contribution in [0, 0.1) is 16.1 Å². The van der Waals surface area contributed by atoms with Crippen molar-refractivity contribution in [2.45, 2.75) is 59.1 Å². The largest absolute Gasteiger partial charge is 0.388 e. The summed E-state index contributed by atoms with van der Waals surface area (Å²) < 4.78 is 2.62. The molecule has 1 fully saturated rings. The SMILES string of the molecule is CC(C)CC1(Cn2c(CO)n[nH]c2=S)CCCC1. The lowest BCUT2D eigenvalue weighted by Gasteiger charge is -2.31. The number of aliphatic hydroxyl groups is 1. The van der Waals surface area contributed by atoms with Crippen molar-refractivity contribution in [3.8, 4) is 0 Å². The summed E-state index contributed by atoms with van der Waals surface area (Å²) in [5, 5.41) is 16.2. The Morgan fingerprint density at radius 3 is 2.67 bits per heavy atom. The van der Waals surface area contributed by atoms with Gasteiger partial charge in [-0.3, -0.25) is 5.10 Å². The third kappa shape index (κ3) is 2.83. The van der Waals surface area contributed by atoms with Crippen LogP contribution in [0.2, 0.25) is 0 Å². The van der Waals surface area contributed by atoms with E-state index in [2.05, 4.69) is 24.0 Å². The molecule has 0 atom stereocenters. The van der Waals surface area contributed by atoms with Crippen LogP contribution < -0.4 is 0 Å². The zero-order chi connectivity index (χ0) is 13.2. The average molecular weight is 269 g/mol. The highest BCUT2D eigenvalue weighted by atomic mass is 32.1. The highest BCUT2D eigenvalue weighted by molar-refractivity contribution is 7.71. The number of rotatable bonds is 5. The van der Waals surface area contributed by atoms with Crippen molar-refractivity contribution in [1.82, 2.24) is 14.8 Å². The Morgan fingerprint density at radius 2 is 2.11 bits per heavy atom. The summed E-state index contributed by atoms with van der Waals surface area (Å²) in [6.07, 6.45) is 6.38. The first kappa shape index (κ1) is 13.7. The van der Waals surface area contributed by atoms with Crippen molar-refractivity contribution in [3.63, 3.8) is 0 Å². The van der Waals surface area contributed by atoms with Crippen molar-refractivity contribution in [1.29, 1.82) is 0 Å². The molecular weight excluding hydrogens is 246 g/mol. The van der Waals surface area contributed by atoms with Gasteiger partial charge in [0.2, 0.25) is 0 Å². The lowest BCUT2D eigenvalue weighted by atomic mass is 9.78. The van der Waals surface area contributed by atoms with Crippen molar-refractivity contribution in [2.24, 2.45) is 11.3 Å². The van der Waals surface area contributed by atoms with E-state index in [1.165, 1.54) is 32.1 Å². The standard InChI is InChI=1S/C13H23N3OS/c1-10(2)7-13(5-3-4-6-13)9-16-11(8-17)14-15-12(16)18/h10,17H,3-9H2,1-2H3,(H,15,18). The zero-order valence-corrected chi connectivity index (χ0v) is 12.1. The molecule has 0 unspecified atom stereocenters. The summed E-state index contributed by atoms with van der Waals surface area (Å²) in [7, 11) is 0. The molecule has 1 aliphatic carbocycles. The van der Waals surface area contributed by atoms with Gasteiger partial charge in [0.15, 0.2) is 10.6 Å². The molecule has 0 radical (unpaired) electrons. The van der Waals surface area contributed by atoms with E-state index in [0.29, 0.717) is 21.9 Å². The maximum absolute atomic E-state index is 9.32. The summed E-state index contributed by atoms with van der Waals surface area (Å²) in [5.41, 5.74) is 0.347. The fraction of sp³-hybridized carbons (Fsp3) is 0.846. The van der Waals surface area contributed by atoms with Gasteiger partial charge in [0.05, 0.1) is 0 Å². The highest BCUT2D eigenvalue weighted by Gasteiger charge is 2.35. The van der Waals surface area contributed by atoms with Crippen LogP contribution in [0.5, 0.6) is 0 Å². The minimum Gasteiger partial charge on any atom is -0.388 e. The van der Waals surface area contributed by atoms with Crippen LogP contribution in [0.25, 0.3) is 0 Å². The van der Waals surface area contributed by atoms with Gasteiger partial charge in [-0.1, -0.05) is 26.7 Å². The minimum absolute atomic E-state index is 0.0507. The van der Waals surface area contributed by atoms with Crippen molar-refractivity contribution < 1.29 is 5.11 Å². The van der Waals surface area contributed by atoms with Gasteiger partial charge in [-0.05, 0) is 42.8 Å². The van der Waals surface area contributed by atoms with Gasteiger partial charge in [-0.2, -0.15) is 5.10 Å². The summed E-state index contributed by atoms with van der Waals surface area (Å²) in [6.45, 7) is 5.41. The summed E-state index contributed by atoms with van der Waals surface area (Å²) in [6, 6.07) is 0. The van der Waals surface area contributed by atoms with E-state index >= 15 is 0 Å². The number of H-pyrrole nitrogens is 1. The molecule has 0 bridgehead atoms. The van der Waals surface area contributed by atoms with Crippen LogP contribution in [0.1, 0.15) is 51.8 Å². The van der Waals surface area contributed by atoms with Gasteiger partial charge in [-0.15, -0.1) is 0 Å². The Bertz CT molecular complexity index is 443. The molecule has 1 heterocycles. The van der Waals surface area contributed by atoms with E-state index < -0.39 is 0 Å². The third-order valence-corrected chi connectivity index (χ3v) is 4.29. The third-order valence-electron chi connectivity index (χ3n) is 3.98. The second kappa shape index (κ2) is 5.53. The molecule has 2 N–H and O–H groups in total. The molecule has 102 valence electrons. The number of aromatic amines is 1. The number of hydrogen-bond donors (Lipinski definition) is 2. The monoisotopic (exact) mass is 269 g/mol. The first-order chi connectivity index (χ1) is 8.56. The summed E-state index contributed by atoms with van der Waals surface area (Å²) >= 11 is 5.27. The Kier molecular flexibility index (Phi) is 4.22. The van der Waals surface area contributed by atoms with Gasteiger partial charge in [0.25, 0.3) is 0 Å². The van der Waals surface area contributed by atoms with Gasteiger partial charge >= 0.3 is 0 Å². The maximum atomic E-state index is 9.32. The molecule has 0 aliphatic heterocycles. The fourth-order valence-electron chi connectivity index (χ4n) is 3.39. The number of nitrogens with zero attached hydrogens (tertiary/aromatic N) is 2. The lowest BCUT2D eigenvalue weighted by molar-refractivity contribution is 0.186. The molecule has 1 aromatic heterocycles. The van der Waals surface area contributed by atoms with Crippen LogP contribution in [-0.4, -0.2) is 19.9 Å². The Balaban J connectivity index is 2.23. The molecule has 0 amide bonds. The quantitative estimate of drug-likeness (QED) is 0.808. The van der Waals surface area contributed by atoms with Gasteiger partial charge in [-0.25, -0.2) is 0 Å². The second-order valence-electron chi connectivity index (χ2n) is 5.99. The van der Waals surface area contributed by atoms with Crippen LogP contribution in [0.15, 0.2) is 0 Å². The molecule has 18 heavy (non-hydrogen) atoms. The van der Waals surface area contributed by atoms with Crippen LogP contribution in [0.3, 0.4) is 0 Å². The van der Waals surface area contributed by atoms with E-state index in [-0.39, 0.29) is 6.61 Å². The summed E-state index contributed by atoms with van der Waals surface area (Å²) in [5.74, 6) is 1.36. The van der Waals surface area contributed by atoms with Crippen molar-refractivity contribution in [2.75, 3.05) is 0 Å². The van der Waals surface area contributed by atoms with Gasteiger partial charge < -0.3 is 9.67 Å². The highest BCUT2D eigenvalue weighted by Crippen LogP contribution is 2.44. The molecule has 0 aromatic carbocycles. The average Bonchev–Trinajstić information content (AvgIpc) is 2.88. The Morgan fingerprint density at radius 1 is 1.44 bits per heavy atom. The molecule has 0 spiro atoms. The molecule has 5 heteroatoms. The van der Waals surface area contributed by atoms with Crippen molar-refractivity contribution >= 4 is 12.2 Å². The number of aliphatic hydroxyl groups excluding tert-OH is 1. The molecule has 4 nitrogen and oxygen atoms in total. The predicted molar refractivity (Wildman–Crippen MR) is 73.7 cm³/mol. The van der Waals surface area contributed by atoms with E-state index in [9.17, 15) is 5.11 Å². The number of aromatic nitrogens is 3. The van der Waals surface area contributed by atoms with E-state index in [1.807, 2.05) is 4.57 Å². The molecule has 2 rings (SSSR count). The smallest absolute Gasteiger partial charge is 0.195 e. The van der Waals surface area contributed by atoms with Gasteiger partial charge in [0, 0.05) is 6.54 Å². The molecule has 1 aromatic rings. The van der Waals surface area contributed by atoms with E-state index in [1.54, 1.807) is 0 Å². The van der Waals surface area contributed by atoms with Gasteiger partial charge in [0.1, 0.15) is 6.61 Å².